The highest BCUT2D eigenvalue weighted by molar-refractivity contribution is 9.10. The van der Waals surface area contributed by atoms with E-state index < -0.39 is 0 Å². The summed E-state index contributed by atoms with van der Waals surface area (Å²) in [5, 5.41) is 3.37. The Kier molecular flexibility index (Phi) is 3.77. The van der Waals surface area contributed by atoms with Gasteiger partial charge < -0.3 is 0 Å². The molecule has 0 aliphatic carbocycles. The normalized spacial score (nSPS) is 11.0. The molecule has 0 atom stereocenters. The molecule has 0 bridgehead atoms. The van der Waals surface area contributed by atoms with E-state index in [0.717, 1.165) is 10.9 Å². The molecule has 2 rings (SSSR count). The van der Waals surface area contributed by atoms with Crippen LogP contribution in [0.15, 0.2) is 34.1 Å². The predicted octanol–water partition coefficient (Wildman–Crippen LogP) is 4.62. The first-order chi connectivity index (χ1) is 7.65. The number of nitrogens with zero attached hydrogens (tertiary/aromatic N) is 1. The molecule has 0 aliphatic heterocycles. The Balaban J connectivity index is 2.11. The second-order valence-electron chi connectivity index (χ2n) is 4.12. The van der Waals surface area contributed by atoms with E-state index in [1.807, 2.05) is 0 Å². The lowest BCUT2D eigenvalue weighted by Gasteiger charge is -1.99. The molecule has 0 spiro atoms. The minimum Gasteiger partial charge on any atom is -0.246 e. The van der Waals surface area contributed by atoms with Crippen molar-refractivity contribution in [2.45, 2.75) is 26.2 Å². The van der Waals surface area contributed by atoms with Gasteiger partial charge in [0.15, 0.2) is 0 Å². The summed E-state index contributed by atoms with van der Waals surface area (Å²) in [5.41, 5.74) is 2.52. The van der Waals surface area contributed by atoms with Crippen molar-refractivity contribution in [3.8, 4) is 0 Å². The first-order valence-electron chi connectivity index (χ1n) is 5.34. The lowest BCUT2D eigenvalue weighted by molar-refractivity contribution is 0.825. The van der Waals surface area contributed by atoms with Crippen LogP contribution in [-0.4, -0.2) is 4.98 Å². The van der Waals surface area contributed by atoms with Gasteiger partial charge in [-0.05, 0) is 23.6 Å². The highest BCUT2D eigenvalue weighted by Gasteiger charge is 2.06. The number of thiazole rings is 1. The van der Waals surface area contributed by atoms with Gasteiger partial charge in [0.05, 0.1) is 10.7 Å². The number of benzene rings is 1. The highest BCUT2D eigenvalue weighted by atomic mass is 79.9. The molecule has 0 radical (unpaired) electrons. The Bertz CT molecular complexity index is 459. The minimum absolute atomic E-state index is 0.523. The van der Waals surface area contributed by atoms with Crippen LogP contribution in [-0.2, 0) is 6.42 Å². The Morgan fingerprint density at radius 1 is 1.25 bits per heavy atom. The van der Waals surface area contributed by atoms with Crippen LogP contribution in [0.2, 0.25) is 0 Å². The van der Waals surface area contributed by atoms with Gasteiger partial charge in [-0.2, -0.15) is 0 Å². The summed E-state index contributed by atoms with van der Waals surface area (Å²) in [6, 6.07) is 8.43. The maximum atomic E-state index is 4.63. The molecular formula is C13H14BrNS. The van der Waals surface area contributed by atoms with Crippen molar-refractivity contribution < 1.29 is 0 Å². The average Bonchev–Trinajstić information content (AvgIpc) is 2.70. The fraction of sp³-hybridized carbons (Fsp3) is 0.308. The van der Waals surface area contributed by atoms with Crippen molar-refractivity contribution in [3.05, 3.63) is 50.4 Å². The van der Waals surface area contributed by atoms with Crippen LogP contribution in [0, 0.1) is 0 Å². The first-order valence-corrected chi connectivity index (χ1v) is 7.01. The number of hydrogen-bond donors (Lipinski definition) is 0. The van der Waals surface area contributed by atoms with Crippen LogP contribution in [0.25, 0.3) is 0 Å². The van der Waals surface area contributed by atoms with Gasteiger partial charge in [-0.3, -0.25) is 0 Å². The van der Waals surface area contributed by atoms with Gasteiger partial charge >= 0.3 is 0 Å². The monoisotopic (exact) mass is 295 g/mol. The molecule has 0 N–H and O–H groups in total. The molecular weight excluding hydrogens is 282 g/mol. The van der Waals surface area contributed by atoms with Gasteiger partial charge in [0.1, 0.15) is 0 Å². The van der Waals surface area contributed by atoms with Crippen molar-refractivity contribution in [3.63, 3.8) is 0 Å². The molecule has 0 fully saturated rings. The highest BCUT2D eigenvalue weighted by Crippen LogP contribution is 2.20. The van der Waals surface area contributed by atoms with Gasteiger partial charge in [0.2, 0.25) is 0 Å². The summed E-state index contributed by atoms with van der Waals surface area (Å²) < 4.78 is 1.12. The number of rotatable bonds is 3. The molecule has 3 heteroatoms. The number of aromatic nitrogens is 1. The van der Waals surface area contributed by atoms with Crippen molar-refractivity contribution in [1.29, 1.82) is 0 Å². The summed E-state index contributed by atoms with van der Waals surface area (Å²) in [4.78, 5) is 4.63. The Morgan fingerprint density at radius 3 is 2.50 bits per heavy atom. The van der Waals surface area contributed by atoms with Gasteiger partial charge in [-0.15, -0.1) is 11.3 Å². The molecule has 0 aliphatic rings. The lowest BCUT2D eigenvalue weighted by atomic mass is 10.1. The van der Waals surface area contributed by atoms with Crippen LogP contribution < -0.4 is 0 Å². The van der Waals surface area contributed by atoms with E-state index >= 15 is 0 Å². The zero-order chi connectivity index (χ0) is 11.5. The first kappa shape index (κ1) is 11.8. The Hall–Kier alpha value is -0.670. The summed E-state index contributed by atoms with van der Waals surface area (Å²) in [7, 11) is 0. The second kappa shape index (κ2) is 5.11. The molecule has 0 unspecified atom stereocenters. The standard InChI is InChI=1S/C13H14BrNS/c1-9(2)12-8-16-13(15-12)7-10-3-5-11(14)6-4-10/h3-6,8-9H,7H2,1-2H3. The minimum atomic E-state index is 0.523. The van der Waals surface area contributed by atoms with Gasteiger partial charge in [0.25, 0.3) is 0 Å². The molecule has 0 saturated heterocycles. The molecule has 0 amide bonds. The van der Waals surface area contributed by atoms with Gasteiger partial charge in [0, 0.05) is 16.3 Å². The third kappa shape index (κ3) is 2.92. The largest absolute Gasteiger partial charge is 0.246 e. The van der Waals surface area contributed by atoms with E-state index in [1.54, 1.807) is 11.3 Å². The third-order valence-electron chi connectivity index (χ3n) is 2.43. The maximum Gasteiger partial charge on any atom is 0.0972 e. The fourth-order valence-corrected chi connectivity index (χ4v) is 2.70. The van der Waals surface area contributed by atoms with E-state index in [2.05, 4.69) is 64.4 Å². The van der Waals surface area contributed by atoms with Crippen molar-refractivity contribution in [1.82, 2.24) is 4.98 Å². The van der Waals surface area contributed by atoms with Crippen LogP contribution in [0.5, 0.6) is 0 Å². The van der Waals surface area contributed by atoms with Gasteiger partial charge in [-0.25, -0.2) is 4.98 Å². The molecule has 16 heavy (non-hydrogen) atoms. The summed E-state index contributed by atoms with van der Waals surface area (Å²) in [6.45, 7) is 4.36. The summed E-state index contributed by atoms with van der Waals surface area (Å²) >= 11 is 5.20. The zero-order valence-electron chi connectivity index (χ0n) is 9.40. The maximum absolute atomic E-state index is 4.63. The molecule has 1 nitrogen and oxygen atoms in total. The van der Waals surface area contributed by atoms with Crippen LogP contribution in [0.1, 0.15) is 36.0 Å². The molecule has 1 heterocycles. The quantitative estimate of drug-likeness (QED) is 0.805. The average molecular weight is 296 g/mol. The van der Waals surface area contributed by atoms with E-state index in [9.17, 15) is 0 Å². The topological polar surface area (TPSA) is 12.9 Å². The zero-order valence-corrected chi connectivity index (χ0v) is 11.8. The van der Waals surface area contributed by atoms with E-state index in [-0.39, 0.29) is 0 Å². The second-order valence-corrected chi connectivity index (χ2v) is 5.98. The Morgan fingerprint density at radius 2 is 1.94 bits per heavy atom. The molecule has 1 aromatic carbocycles. The van der Waals surface area contributed by atoms with Gasteiger partial charge in [-0.1, -0.05) is 41.9 Å². The fourth-order valence-electron chi connectivity index (χ4n) is 1.45. The van der Waals surface area contributed by atoms with E-state index in [4.69, 9.17) is 0 Å². The molecule has 1 aromatic heterocycles. The van der Waals surface area contributed by atoms with Crippen molar-refractivity contribution >= 4 is 27.3 Å². The molecule has 2 aromatic rings. The van der Waals surface area contributed by atoms with E-state index in [0.29, 0.717) is 5.92 Å². The number of halogens is 1. The van der Waals surface area contributed by atoms with Crippen molar-refractivity contribution in [2.75, 3.05) is 0 Å². The predicted molar refractivity (Wildman–Crippen MR) is 73.2 cm³/mol. The van der Waals surface area contributed by atoms with Crippen LogP contribution >= 0.6 is 27.3 Å². The van der Waals surface area contributed by atoms with Crippen LogP contribution in [0.3, 0.4) is 0 Å². The number of hydrogen-bond acceptors (Lipinski definition) is 2. The Labute approximate surface area is 109 Å². The van der Waals surface area contributed by atoms with E-state index in [1.165, 1.54) is 16.3 Å². The molecule has 0 saturated carbocycles. The third-order valence-corrected chi connectivity index (χ3v) is 3.83. The smallest absolute Gasteiger partial charge is 0.0972 e. The SMILES string of the molecule is CC(C)c1csc(Cc2ccc(Br)cc2)n1. The summed E-state index contributed by atoms with van der Waals surface area (Å²) in [5.74, 6) is 0.523. The molecule has 84 valence electrons. The lowest BCUT2D eigenvalue weighted by Crippen LogP contribution is -1.90. The summed E-state index contributed by atoms with van der Waals surface area (Å²) in [6.07, 6.45) is 0.935. The van der Waals surface area contributed by atoms with Crippen molar-refractivity contribution in [2.24, 2.45) is 0 Å². The van der Waals surface area contributed by atoms with Crippen LogP contribution in [0.4, 0.5) is 0 Å².